The molecule has 1 spiro atoms. The first kappa shape index (κ1) is 10.2. The molecule has 0 saturated heterocycles. The number of hydrogen-bond donors (Lipinski definition) is 0. The van der Waals surface area contributed by atoms with Crippen LogP contribution in [0.1, 0.15) is 38.5 Å². The van der Waals surface area contributed by atoms with E-state index in [4.69, 9.17) is 5.26 Å². The van der Waals surface area contributed by atoms with Gasteiger partial charge >= 0.3 is 5.97 Å². The maximum absolute atomic E-state index is 11.4. The zero-order valence-corrected chi connectivity index (χ0v) is 9.01. The highest BCUT2D eigenvalue weighted by atomic mass is 16.5. The Hall–Kier alpha value is -1.30. The normalized spacial score (nSPS) is 25.6. The van der Waals surface area contributed by atoms with Gasteiger partial charge in [0.1, 0.15) is 11.6 Å². The summed E-state index contributed by atoms with van der Waals surface area (Å²) < 4.78 is 4.64. The lowest BCUT2D eigenvalue weighted by Crippen LogP contribution is -2.32. The van der Waals surface area contributed by atoms with Crippen molar-refractivity contribution in [3.8, 4) is 6.07 Å². The molecule has 0 bridgehead atoms. The summed E-state index contributed by atoms with van der Waals surface area (Å²) in [4.78, 5) is 11.4. The molecule has 80 valence electrons. The predicted molar refractivity (Wildman–Crippen MR) is 54.8 cm³/mol. The van der Waals surface area contributed by atoms with Crippen molar-refractivity contribution in [2.24, 2.45) is 5.41 Å². The molecule has 0 aromatic carbocycles. The molecule has 2 rings (SSSR count). The van der Waals surface area contributed by atoms with E-state index in [0.717, 1.165) is 31.3 Å². The Morgan fingerprint density at radius 3 is 2.47 bits per heavy atom. The SMILES string of the molecule is COC(=O)/C(C#N)=C1\CCC12CCCC2. The second-order valence-electron chi connectivity index (χ2n) is 4.44. The van der Waals surface area contributed by atoms with Gasteiger partial charge in [0.2, 0.25) is 0 Å². The van der Waals surface area contributed by atoms with Crippen LogP contribution < -0.4 is 0 Å². The molecule has 0 aromatic heterocycles. The van der Waals surface area contributed by atoms with Crippen LogP contribution in [0.4, 0.5) is 0 Å². The van der Waals surface area contributed by atoms with Crippen LogP contribution in [0.25, 0.3) is 0 Å². The van der Waals surface area contributed by atoms with E-state index in [1.54, 1.807) is 0 Å². The van der Waals surface area contributed by atoms with Gasteiger partial charge in [-0.15, -0.1) is 0 Å². The molecule has 3 nitrogen and oxygen atoms in total. The van der Waals surface area contributed by atoms with Gasteiger partial charge in [0, 0.05) is 0 Å². The summed E-state index contributed by atoms with van der Waals surface area (Å²) in [6, 6.07) is 2.01. The summed E-state index contributed by atoms with van der Waals surface area (Å²) in [5.74, 6) is -0.460. The number of methoxy groups -OCH3 is 1. The molecule has 0 N–H and O–H groups in total. The van der Waals surface area contributed by atoms with Crippen LogP contribution in [0.5, 0.6) is 0 Å². The smallest absolute Gasteiger partial charge is 0.348 e. The highest BCUT2D eigenvalue weighted by Crippen LogP contribution is 2.57. The highest BCUT2D eigenvalue weighted by molar-refractivity contribution is 5.94. The molecule has 0 heterocycles. The number of esters is 1. The molecule has 2 saturated carbocycles. The minimum atomic E-state index is -0.460. The molecule has 0 radical (unpaired) electrons. The summed E-state index contributed by atoms with van der Waals surface area (Å²) >= 11 is 0. The first-order valence-corrected chi connectivity index (χ1v) is 5.45. The molecule has 0 aromatic rings. The van der Waals surface area contributed by atoms with E-state index >= 15 is 0 Å². The van der Waals surface area contributed by atoms with Gasteiger partial charge in [0.05, 0.1) is 7.11 Å². The lowest BCUT2D eigenvalue weighted by molar-refractivity contribution is -0.135. The van der Waals surface area contributed by atoms with E-state index in [9.17, 15) is 4.79 Å². The number of carbonyl (C=O) groups excluding carboxylic acids is 1. The number of ether oxygens (including phenoxy) is 1. The highest BCUT2D eigenvalue weighted by Gasteiger charge is 2.46. The summed E-state index contributed by atoms with van der Waals surface area (Å²) in [7, 11) is 1.33. The number of carbonyl (C=O) groups is 1. The van der Waals surface area contributed by atoms with Gasteiger partial charge in [-0.3, -0.25) is 0 Å². The summed E-state index contributed by atoms with van der Waals surface area (Å²) in [6.45, 7) is 0. The summed E-state index contributed by atoms with van der Waals surface area (Å²) in [6.07, 6.45) is 6.78. The molecule has 2 aliphatic carbocycles. The molecule has 0 amide bonds. The fraction of sp³-hybridized carbons (Fsp3) is 0.667. The zero-order valence-electron chi connectivity index (χ0n) is 9.01. The van der Waals surface area contributed by atoms with Crippen LogP contribution in [-0.2, 0) is 9.53 Å². The van der Waals surface area contributed by atoms with Crippen LogP contribution in [0.3, 0.4) is 0 Å². The molecule has 0 aliphatic heterocycles. The third-order valence-corrected chi connectivity index (χ3v) is 3.86. The van der Waals surface area contributed by atoms with E-state index in [-0.39, 0.29) is 11.0 Å². The van der Waals surface area contributed by atoms with Crippen LogP contribution >= 0.6 is 0 Å². The number of rotatable bonds is 1. The molecular formula is C12H15NO2. The van der Waals surface area contributed by atoms with Gasteiger partial charge in [-0.1, -0.05) is 12.8 Å². The standard InChI is InChI=1S/C12H15NO2/c1-15-11(14)9(8-13)10-4-7-12(10)5-2-3-6-12/h2-7H2,1H3/b10-9+. The zero-order chi connectivity index (χ0) is 10.9. The van der Waals surface area contributed by atoms with Gasteiger partial charge in [0.15, 0.2) is 0 Å². The molecule has 0 unspecified atom stereocenters. The average molecular weight is 205 g/mol. The third-order valence-electron chi connectivity index (χ3n) is 3.86. The van der Waals surface area contributed by atoms with Crippen LogP contribution in [0, 0.1) is 16.7 Å². The van der Waals surface area contributed by atoms with Crippen molar-refractivity contribution in [2.75, 3.05) is 7.11 Å². The van der Waals surface area contributed by atoms with Crippen LogP contribution in [0.15, 0.2) is 11.1 Å². The molecule has 0 atom stereocenters. The van der Waals surface area contributed by atoms with Gasteiger partial charge in [0.25, 0.3) is 0 Å². The van der Waals surface area contributed by atoms with Crippen LogP contribution in [0.2, 0.25) is 0 Å². The topological polar surface area (TPSA) is 50.1 Å². The number of nitriles is 1. The van der Waals surface area contributed by atoms with Crippen molar-refractivity contribution in [3.63, 3.8) is 0 Å². The quantitative estimate of drug-likeness (QED) is 0.375. The summed E-state index contributed by atoms with van der Waals surface area (Å²) in [5, 5.41) is 9.00. The van der Waals surface area contributed by atoms with Crippen molar-refractivity contribution < 1.29 is 9.53 Å². The molecular weight excluding hydrogens is 190 g/mol. The van der Waals surface area contributed by atoms with Crippen LogP contribution in [-0.4, -0.2) is 13.1 Å². The number of allylic oxidation sites excluding steroid dienone is 1. The first-order chi connectivity index (χ1) is 7.23. The lowest BCUT2D eigenvalue weighted by atomic mass is 9.62. The van der Waals surface area contributed by atoms with Crippen molar-refractivity contribution in [1.82, 2.24) is 0 Å². The van der Waals surface area contributed by atoms with Crippen molar-refractivity contribution in [3.05, 3.63) is 11.1 Å². The van der Waals surface area contributed by atoms with Gasteiger partial charge in [-0.25, -0.2) is 4.79 Å². The summed E-state index contributed by atoms with van der Waals surface area (Å²) in [5.41, 5.74) is 1.53. The van der Waals surface area contributed by atoms with E-state index < -0.39 is 5.97 Å². The molecule has 15 heavy (non-hydrogen) atoms. The Kier molecular flexibility index (Phi) is 2.52. The van der Waals surface area contributed by atoms with Gasteiger partial charge < -0.3 is 4.74 Å². The van der Waals surface area contributed by atoms with Gasteiger partial charge in [-0.2, -0.15) is 5.26 Å². The Morgan fingerprint density at radius 2 is 2.07 bits per heavy atom. The van der Waals surface area contributed by atoms with Crippen molar-refractivity contribution in [2.45, 2.75) is 38.5 Å². The first-order valence-electron chi connectivity index (χ1n) is 5.45. The maximum atomic E-state index is 11.4. The van der Waals surface area contributed by atoms with Gasteiger partial charge in [-0.05, 0) is 36.7 Å². The van der Waals surface area contributed by atoms with E-state index in [0.29, 0.717) is 0 Å². The largest absolute Gasteiger partial charge is 0.465 e. The number of nitrogens with zero attached hydrogens (tertiary/aromatic N) is 1. The Labute approximate surface area is 89.7 Å². The number of hydrogen-bond acceptors (Lipinski definition) is 3. The fourth-order valence-corrected chi connectivity index (χ4v) is 2.94. The minimum absolute atomic E-state index is 0.194. The molecule has 2 aliphatic rings. The second-order valence-corrected chi connectivity index (χ2v) is 4.44. The fourth-order valence-electron chi connectivity index (χ4n) is 2.94. The monoisotopic (exact) mass is 205 g/mol. The predicted octanol–water partition coefficient (Wildman–Crippen LogP) is 2.33. The molecule has 2 fully saturated rings. The Bertz CT molecular complexity index is 356. The lowest BCUT2D eigenvalue weighted by Gasteiger charge is -2.42. The Morgan fingerprint density at radius 1 is 1.40 bits per heavy atom. The van der Waals surface area contributed by atoms with Crippen molar-refractivity contribution >= 4 is 5.97 Å². The average Bonchev–Trinajstić information content (AvgIpc) is 2.74. The third kappa shape index (κ3) is 1.45. The van der Waals surface area contributed by atoms with E-state index in [1.165, 1.54) is 20.0 Å². The molecule has 3 heteroatoms. The van der Waals surface area contributed by atoms with E-state index in [2.05, 4.69) is 4.74 Å². The maximum Gasteiger partial charge on any atom is 0.348 e. The second kappa shape index (κ2) is 3.69. The van der Waals surface area contributed by atoms with Crippen molar-refractivity contribution in [1.29, 1.82) is 5.26 Å². The Balaban J connectivity index is 2.32. The minimum Gasteiger partial charge on any atom is -0.465 e. The van der Waals surface area contributed by atoms with E-state index in [1.807, 2.05) is 6.07 Å².